The minimum Gasteiger partial charge on any atom is -0.290 e. The second-order valence-corrected chi connectivity index (χ2v) is 6.07. The first-order valence-corrected chi connectivity index (χ1v) is 7.99. The average molecular weight is 308 g/mol. The Bertz CT molecular complexity index is 775. The Labute approximate surface area is 135 Å². The maximum atomic E-state index is 4.34. The maximum Gasteiger partial charge on any atom is 0.0972 e. The molecule has 1 aliphatic heterocycles. The Balaban J connectivity index is 1.50. The lowest BCUT2D eigenvalue weighted by Gasteiger charge is -2.22. The summed E-state index contributed by atoms with van der Waals surface area (Å²) in [5.41, 5.74) is 3.33. The summed E-state index contributed by atoms with van der Waals surface area (Å²) in [6.07, 6.45) is 8.51. The van der Waals surface area contributed by atoms with Crippen molar-refractivity contribution in [2.24, 2.45) is 7.05 Å². The van der Waals surface area contributed by atoms with E-state index in [0.717, 1.165) is 24.5 Å². The van der Waals surface area contributed by atoms with Crippen LogP contribution in [0.15, 0.2) is 48.9 Å². The predicted molar refractivity (Wildman–Crippen MR) is 87.0 cm³/mol. The van der Waals surface area contributed by atoms with Crippen molar-refractivity contribution in [1.82, 2.24) is 29.7 Å². The van der Waals surface area contributed by atoms with Crippen LogP contribution in [-0.4, -0.2) is 36.2 Å². The number of nitrogens with zero attached hydrogens (tertiary/aromatic N) is 6. The zero-order valence-electron chi connectivity index (χ0n) is 13.2. The molecule has 0 radical (unpaired) electrons. The lowest BCUT2D eigenvalue weighted by atomic mass is 10.1. The van der Waals surface area contributed by atoms with E-state index in [4.69, 9.17) is 0 Å². The summed E-state index contributed by atoms with van der Waals surface area (Å²) < 4.78 is 3.71. The second kappa shape index (κ2) is 5.96. The highest BCUT2D eigenvalue weighted by molar-refractivity contribution is 5.30. The number of hydrogen-bond donors (Lipinski definition) is 0. The van der Waals surface area contributed by atoms with E-state index < -0.39 is 0 Å². The Kier molecular flexibility index (Phi) is 3.67. The van der Waals surface area contributed by atoms with E-state index >= 15 is 0 Å². The Morgan fingerprint density at radius 2 is 2.04 bits per heavy atom. The highest BCUT2D eigenvalue weighted by Gasteiger charge is 2.27. The van der Waals surface area contributed by atoms with Gasteiger partial charge in [0, 0.05) is 31.4 Å². The van der Waals surface area contributed by atoms with E-state index in [1.165, 1.54) is 18.4 Å². The third-order valence-electron chi connectivity index (χ3n) is 4.40. The Morgan fingerprint density at radius 3 is 2.83 bits per heavy atom. The van der Waals surface area contributed by atoms with Crippen molar-refractivity contribution in [1.29, 1.82) is 0 Å². The zero-order valence-corrected chi connectivity index (χ0v) is 13.2. The summed E-state index contributed by atoms with van der Waals surface area (Å²) >= 11 is 0. The van der Waals surface area contributed by atoms with Crippen LogP contribution in [0, 0.1) is 0 Å². The summed E-state index contributed by atoms with van der Waals surface area (Å²) in [6.45, 7) is 1.92. The quantitative estimate of drug-likeness (QED) is 0.742. The van der Waals surface area contributed by atoms with Gasteiger partial charge >= 0.3 is 0 Å². The SMILES string of the molecule is Cn1cc([C@@H]2CCCN2Cc2cn(-c3ccccc3)nn2)cn1. The molecule has 0 amide bonds. The number of para-hydroxylation sites is 1. The normalized spacial score (nSPS) is 18.6. The lowest BCUT2D eigenvalue weighted by Crippen LogP contribution is -2.22. The summed E-state index contributed by atoms with van der Waals surface area (Å²) in [7, 11) is 1.97. The van der Waals surface area contributed by atoms with Gasteiger partial charge in [-0.15, -0.1) is 5.10 Å². The van der Waals surface area contributed by atoms with Crippen molar-refractivity contribution in [3.8, 4) is 5.69 Å². The monoisotopic (exact) mass is 308 g/mol. The minimum absolute atomic E-state index is 0.436. The average Bonchev–Trinajstić information content (AvgIpc) is 3.29. The molecule has 1 saturated heterocycles. The number of hydrogen-bond acceptors (Lipinski definition) is 4. The Morgan fingerprint density at radius 1 is 1.17 bits per heavy atom. The maximum absolute atomic E-state index is 4.34. The molecule has 0 unspecified atom stereocenters. The minimum atomic E-state index is 0.436. The highest BCUT2D eigenvalue weighted by atomic mass is 15.4. The summed E-state index contributed by atoms with van der Waals surface area (Å²) in [4.78, 5) is 2.47. The summed E-state index contributed by atoms with van der Waals surface area (Å²) in [5, 5.41) is 12.9. The van der Waals surface area contributed by atoms with Gasteiger partial charge in [-0.1, -0.05) is 23.4 Å². The van der Waals surface area contributed by atoms with Crippen LogP contribution in [0.1, 0.15) is 30.1 Å². The number of likely N-dealkylation sites (tertiary alicyclic amines) is 1. The molecule has 6 nitrogen and oxygen atoms in total. The van der Waals surface area contributed by atoms with Crippen LogP contribution in [0.2, 0.25) is 0 Å². The number of aryl methyl sites for hydroxylation is 1. The van der Waals surface area contributed by atoms with E-state index in [9.17, 15) is 0 Å². The molecule has 0 saturated carbocycles. The van der Waals surface area contributed by atoms with E-state index in [-0.39, 0.29) is 0 Å². The van der Waals surface area contributed by atoms with E-state index in [2.05, 4.69) is 26.5 Å². The molecule has 1 aliphatic rings. The summed E-state index contributed by atoms with van der Waals surface area (Å²) in [6, 6.07) is 10.5. The first-order valence-electron chi connectivity index (χ1n) is 7.99. The Hall–Kier alpha value is -2.47. The molecule has 1 atom stereocenters. The van der Waals surface area contributed by atoms with Crippen LogP contribution in [0.3, 0.4) is 0 Å². The van der Waals surface area contributed by atoms with Gasteiger partial charge < -0.3 is 0 Å². The molecule has 3 heterocycles. The van der Waals surface area contributed by atoms with E-state index in [1.54, 1.807) is 0 Å². The van der Waals surface area contributed by atoms with Crippen LogP contribution in [0.5, 0.6) is 0 Å². The molecule has 3 aromatic rings. The molecule has 118 valence electrons. The molecular weight excluding hydrogens is 288 g/mol. The molecule has 0 aliphatic carbocycles. The van der Waals surface area contributed by atoms with Crippen LogP contribution in [0.25, 0.3) is 5.69 Å². The van der Waals surface area contributed by atoms with Crippen LogP contribution < -0.4 is 0 Å². The third kappa shape index (κ3) is 2.90. The van der Waals surface area contributed by atoms with Gasteiger partial charge in [0.2, 0.25) is 0 Å². The largest absolute Gasteiger partial charge is 0.290 e. The van der Waals surface area contributed by atoms with Gasteiger partial charge in [0.25, 0.3) is 0 Å². The third-order valence-corrected chi connectivity index (χ3v) is 4.40. The lowest BCUT2D eigenvalue weighted by molar-refractivity contribution is 0.245. The molecule has 1 fully saturated rings. The highest BCUT2D eigenvalue weighted by Crippen LogP contribution is 2.32. The van der Waals surface area contributed by atoms with Crippen LogP contribution >= 0.6 is 0 Å². The smallest absolute Gasteiger partial charge is 0.0972 e. The molecular formula is C17H20N6. The number of rotatable bonds is 4. The van der Waals surface area contributed by atoms with Gasteiger partial charge in [-0.25, -0.2) is 4.68 Å². The molecule has 23 heavy (non-hydrogen) atoms. The summed E-state index contributed by atoms with van der Waals surface area (Å²) in [5.74, 6) is 0. The molecule has 0 N–H and O–H groups in total. The number of benzene rings is 1. The molecule has 0 bridgehead atoms. The predicted octanol–water partition coefficient (Wildman–Crippen LogP) is 2.34. The van der Waals surface area contributed by atoms with Gasteiger partial charge in [-0.2, -0.15) is 5.10 Å². The number of aromatic nitrogens is 5. The van der Waals surface area contributed by atoms with Gasteiger partial charge in [-0.3, -0.25) is 9.58 Å². The second-order valence-electron chi connectivity index (χ2n) is 6.07. The fourth-order valence-electron chi connectivity index (χ4n) is 3.29. The van der Waals surface area contributed by atoms with Crippen LogP contribution in [0.4, 0.5) is 0 Å². The molecule has 4 rings (SSSR count). The molecule has 0 spiro atoms. The molecule has 1 aromatic carbocycles. The van der Waals surface area contributed by atoms with E-state index in [1.807, 2.05) is 59.1 Å². The van der Waals surface area contributed by atoms with Gasteiger partial charge in [0.05, 0.1) is 23.8 Å². The van der Waals surface area contributed by atoms with Crippen molar-refractivity contribution in [2.45, 2.75) is 25.4 Å². The zero-order chi connectivity index (χ0) is 15.6. The first-order chi connectivity index (χ1) is 11.3. The first kappa shape index (κ1) is 14.1. The standard InChI is InChI=1S/C17H20N6/c1-21-11-14(10-18-21)17-8-5-9-22(17)12-15-13-23(20-19-15)16-6-3-2-4-7-16/h2-4,6-7,10-11,13,17H,5,8-9,12H2,1H3/t17-/m0/s1. The van der Waals surface area contributed by atoms with E-state index in [0.29, 0.717) is 6.04 Å². The van der Waals surface area contributed by atoms with Crippen molar-refractivity contribution >= 4 is 0 Å². The van der Waals surface area contributed by atoms with Gasteiger partial charge in [0.1, 0.15) is 0 Å². The molecule has 6 heteroatoms. The van der Waals surface area contributed by atoms with Crippen molar-refractivity contribution < 1.29 is 0 Å². The van der Waals surface area contributed by atoms with Crippen molar-refractivity contribution in [2.75, 3.05) is 6.54 Å². The van der Waals surface area contributed by atoms with Crippen molar-refractivity contribution in [3.05, 3.63) is 60.2 Å². The van der Waals surface area contributed by atoms with Crippen molar-refractivity contribution in [3.63, 3.8) is 0 Å². The fraction of sp³-hybridized carbons (Fsp3) is 0.353. The topological polar surface area (TPSA) is 51.8 Å². The van der Waals surface area contributed by atoms with Gasteiger partial charge in [0.15, 0.2) is 0 Å². The van der Waals surface area contributed by atoms with Gasteiger partial charge in [-0.05, 0) is 31.5 Å². The van der Waals surface area contributed by atoms with Crippen LogP contribution in [-0.2, 0) is 13.6 Å². The fourth-order valence-corrected chi connectivity index (χ4v) is 3.29. The molecule has 2 aromatic heterocycles.